The number of carbonyl (C=O) groups is 1. The molecule has 1 atom stereocenters. The summed E-state index contributed by atoms with van der Waals surface area (Å²) in [6.45, 7) is 2.45. The molecule has 1 heterocycles. The van der Waals surface area contributed by atoms with E-state index in [0.717, 1.165) is 11.3 Å². The van der Waals surface area contributed by atoms with Crippen molar-refractivity contribution >= 4 is 11.6 Å². The van der Waals surface area contributed by atoms with Gasteiger partial charge in [-0.2, -0.15) is 0 Å². The summed E-state index contributed by atoms with van der Waals surface area (Å²) in [5.74, 6) is 1.04. The first kappa shape index (κ1) is 20.2. The molecular formula is C23H25N3O3. The van der Waals surface area contributed by atoms with Crippen LogP contribution < -0.4 is 20.1 Å². The first-order valence-corrected chi connectivity index (χ1v) is 9.37. The van der Waals surface area contributed by atoms with Gasteiger partial charge in [0.25, 0.3) is 5.91 Å². The van der Waals surface area contributed by atoms with Crippen LogP contribution in [-0.2, 0) is 6.54 Å². The van der Waals surface area contributed by atoms with Crippen LogP contribution in [0, 0.1) is 0 Å². The van der Waals surface area contributed by atoms with E-state index in [0.29, 0.717) is 23.7 Å². The topological polar surface area (TPSA) is 72.5 Å². The quantitative estimate of drug-likeness (QED) is 0.602. The van der Waals surface area contributed by atoms with Crippen LogP contribution in [0.4, 0.5) is 5.69 Å². The molecule has 150 valence electrons. The third-order valence-electron chi connectivity index (χ3n) is 4.58. The number of rotatable bonds is 8. The second-order valence-corrected chi connectivity index (χ2v) is 6.58. The molecule has 0 saturated heterocycles. The number of pyridine rings is 1. The van der Waals surface area contributed by atoms with Crippen molar-refractivity contribution < 1.29 is 14.3 Å². The van der Waals surface area contributed by atoms with E-state index in [1.165, 1.54) is 5.56 Å². The van der Waals surface area contributed by atoms with E-state index in [1.807, 2.05) is 42.5 Å². The monoisotopic (exact) mass is 391 g/mol. The highest BCUT2D eigenvalue weighted by molar-refractivity contribution is 5.92. The van der Waals surface area contributed by atoms with Crippen LogP contribution in [0.3, 0.4) is 0 Å². The number of methoxy groups -OCH3 is 2. The molecule has 29 heavy (non-hydrogen) atoms. The molecule has 0 radical (unpaired) electrons. The van der Waals surface area contributed by atoms with E-state index in [4.69, 9.17) is 9.47 Å². The van der Waals surface area contributed by atoms with Gasteiger partial charge >= 0.3 is 0 Å². The van der Waals surface area contributed by atoms with Crippen LogP contribution >= 0.6 is 0 Å². The lowest BCUT2D eigenvalue weighted by Crippen LogP contribution is -2.23. The van der Waals surface area contributed by atoms with Crippen LogP contribution in [-0.4, -0.2) is 25.1 Å². The van der Waals surface area contributed by atoms with Crippen molar-refractivity contribution in [1.29, 1.82) is 0 Å². The van der Waals surface area contributed by atoms with Crippen LogP contribution in [0.5, 0.6) is 11.5 Å². The fraction of sp³-hybridized carbons (Fsp3) is 0.217. The molecule has 0 aliphatic rings. The van der Waals surface area contributed by atoms with Gasteiger partial charge in [-0.3, -0.25) is 4.79 Å². The lowest BCUT2D eigenvalue weighted by atomic mass is 10.1. The molecule has 2 aromatic carbocycles. The van der Waals surface area contributed by atoms with Gasteiger partial charge in [-0.15, -0.1) is 0 Å². The third kappa shape index (κ3) is 5.25. The fourth-order valence-corrected chi connectivity index (χ4v) is 2.95. The number of nitrogens with one attached hydrogen (secondary N) is 2. The lowest BCUT2D eigenvalue weighted by Gasteiger charge is -2.15. The molecule has 3 aromatic rings. The van der Waals surface area contributed by atoms with Gasteiger partial charge in [0.05, 0.1) is 26.1 Å². The van der Waals surface area contributed by atoms with Crippen molar-refractivity contribution in [2.45, 2.75) is 19.5 Å². The lowest BCUT2D eigenvalue weighted by molar-refractivity contribution is 0.0946. The summed E-state index contributed by atoms with van der Waals surface area (Å²) >= 11 is 0. The van der Waals surface area contributed by atoms with E-state index < -0.39 is 0 Å². The number of anilines is 1. The van der Waals surface area contributed by atoms with Crippen LogP contribution in [0.25, 0.3) is 0 Å². The highest BCUT2D eigenvalue weighted by atomic mass is 16.5. The van der Waals surface area contributed by atoms with Crippen molar-refractivity contribution in [3.05, 3.63) is 83.7 Å². The maximum absolute atomic E-state index is 12.4. The summed E-state index contributed by atoms with van der Waals surface area (Å²) in [4.78, 5) is 16.7. The van der Waals surface area contributed by atoms with Gasteiger partial charge in [0.1, 0.15) is 5.69 Å². The predicted octanol–water partition coefficient (Wildman–Crippen LogP) is 4.20. The smallest absolute Gasteiger partial charge is 0.270 e. The first-order chi connectivity index (χ1) is 14.1. The SMILES string of the molecule is COc1ccc(CNC(=O)c2ccc(NC(C)c3ccccc3)cn2)cc1OC. The Bertz CT molecular complexity index is 943. The van der Waals surface area contributed by atoms with Gasteiger partial charge in [0.15, 0.2) is 11.5 Å². The van der Waals surface area contributed by atoms with E-state index >= 15 is 0 Å². The van der Waals surface area contributed by atoms with Crippen LogP contribution in [0.2, 0.25) is 0 Å². The van der Waals surface area contributed by atoms with Gasteiger partial charge in [0, 0.05) is 12.6 Å². The molecule has 1 aromatic heterocycles. The van der Waals surface area contributed by atoms with Crippen LogP contribution in [0.1, 0.15) is 34.6 Å². The Hall–Kier alpha value is -3.54. The largest absolute Gasteiger partial charge is 0.493 e. The number of nitrogens with zero attached hydrogens (tertiary/aromatic N) is 1. The van der Waals surface area contributed by atoms with E-state index in [9.17, 15) is 4.79 Å². The molecule has 0 fully saturated rings. The molecule has 0 spiro atoms. The van der Waals surface area contributed by atoms with Crippen molar-refractivity contribution in [3.63, 3.8) is 0 Å². The van der Waals surface area contributed by atoms with Gasteiger partial charge in [-0.25, -0.2) is 4.98 Å². The average molecular weight is 391 g/mol. The molecule has 0 aliphatic heterocycles. The fourth-order valence-electron chi connectivity index (χ4n) is 2.95. The molecule has 2 N–H and O–H groups in total. The third-order valence-corrected chi connectivity index (χ3v) is 4.58. The minimum absolute atomic E-state index is 0.141. The Kier molecular flexibility index (Phi) is 6.68. The average Bonchev–Trinajstić information content (AvgIpc) is 2.78. The molecule has 1 unspecified atom stereocenters. The standard InChI is InChI=1S/C23H25N3O3/c1-16(18-7-5-4-6-8-18)26-19-10-11-20(24-15-19)23(27)25-14-17-9-12-21(28-2)22(13-17)29-3/h4-13,15-16,26H,14H2,1-3H3,(H,25,27). The maximum Gasteiger partial charge on any atom is 0.270 e. The molecule has 0 saturated carbocycles. The Balaban J connectivity index is 1.58. The van der Waals surface area contributed by atoms with Crippen molar-refractivity contribution in [2.24, 2.45) is 0 Å². The van der Waals surface area contributed by atoms with Crippen molar-refractivity contribution in [1.82, 2.24) is 10.3 Å². The number of ether oxygens (including phenoxy) is 2. The summed E-state index contributed by atoms with van der Waals surface area (Å²) in [5.41, 5.74) is 3.32. The summed E-state index contributed by atoms with van der Waals surface area (Å²) in [6, 6.07) is 19.4. The molecule has 1 amide bonds. The molecule has 6 heteroatoms. The normalized spacial score (nSPS) is 11.4. The molecule has 0 bridgehead atoms. The van der Waals surface area contributed by atoms with Crippen molar-refractivity contribution in [2.75, 3.05) is 19.5 Å². The number of amides is 1. The molecule has 6 nitrogen and oxygen atoms in total. The van der Waals surface area contributed by atoms with Gasteiger partial charge < -0.3 is 20.1 Å². The summed E-state index contributed by atoms with van der Waals surface area (Å²) in [7, 11) is 3.17. The zero-order valence-corrected chi connectivity index (χ0v) is 16.8. The predicted molar refractivity (Wildman–Crippen MR) is 113 cm³/mol. The second kappa shape index (κ2) is 9.59. The second-order valence-electron chi connectivity index (χ2n) is 6.58. The zero-order chi connectivity index (χ0) is 20.6. The van der Waals surface area contributed by atoms with E-state index in [-0.39, 0.29) is 11.9 Å². The highest BCUT2D eigenvalue weighted by Crippen LogP contribution is 2.27. The zero-order valence-electron chi connectivity index (χ0n) is 16.8. The number of hydrogen-bond donors (Lipinski definition) is 2. The first-order valence-electron chi connectivity index (χ1n) is 9.37. The molecule has 0 aliphatic carbocycles. The minimum atomic E-state index is -0.234. The number of benzene rings is 2. The Morgan fingerprint density at radius 3 is 2.41 bits per heavy atom. The highest BCUT2D eigenvalue weighted by Gasteiger charge is 2.10. The maximum atomic E-state index is 12.4. The van der Waals surface area contributed by atoms with E-state index in [1.54, 1.807) is 26.5 Å². The van der Waals surface area contributed by atoms with E-state index in [2.05, 4.69) is 34.7 Å². The minimum Gasteiger partial charge on any atom is -0.493 e. The van der Waals surface area contributed by atoms with Gasteiger partial charge in [-0.1, -0.05) is 36.4 Å². The van der Waals surface area contributed by atoms with Gasteiger partial charge in [-0.05, 0) is 42.3 Å². The summed E-state index contributed by atoms with van der Waals surface area (Å²) in [6.07, 6.45) is 1.67. The molecule has 3 rings (SSSR count). The Morgan fingerprint density at radius 1 is 1.00 bits per heavy atom. The number of aromatic nitrogens is 1. The summed E-state index contributed by atoms with van der Waals surface area (Å²) in [5, 5.41) is 6.26. The summed E-state index contributed by atoms with van der Waals surface area (Å²) < 4.78 is 10.5. The Morgan fingerprint density at radius 2 is 1.76 bits per heavy atom. The van der Waals surface area contributed by atoms with Crippen LogP contribution in [0.15, 0.2) is 66.9 Å². The van der Waals surface area contributed by atoms with Gasteiger partial charge in [0.2, 0.25) is 0 Å². The number of carbonyl (C=O) groups excluding carboxylic acids is 1. The number of hydrogen-bond acceptors (Lipinski definition) is 5. The Labute approximate surface area is 170 Å². The molecular weight excluding hydrogens is 366 g/mol. The van der Waals surface area contributed by atoms with Crippen molar-refractivity contribution in [3.8, 4) is 11.5 Å².